The Balaban J connectivity index is 0.00000162. The van der Waals surface area contributed by atoms with Gasteiger partial charge in [0.1, 0.15) is 0 Å². The van der Waals surface area contributed by atoms with Crippen molar-refractivity contribution in [3.63, 3.8) is 0 Å². The van der Waals surface area contributed by atoms with E-state index in [-0.39, 0.29) is 30.2 Å². The van der Waals surface area contributed by atoms with E-state index in [0.29, 0.717) is 5.82 Å². The fraction of sp³-hybridized carbons (Fsp3) is 0.545. The second-order valence-electron chi connectivity index (χ2n) is 4.38. The third-order valence-electron chi connectivity index (χ3n) is 3.10. The Morgan fingerprint density at radius 2 is 2.06 bits per heavy atom. The molecule has 0 saturated heterocycles. The molecule has 1 heterocycles. The maximum absolute atomic E-state index is 10.8. The Morgan fingerprint density at radius 3 is 2.67 bits per heavy atom. The van der Waals surface area contributed by atoms with Crippen molar-refractivity contribution in [2.45, 2.75) is 37.8 Å². The third-order valence-corrected chi connectivity index (χ3v) is 3.10. The van der Waals surface area contributed by atoms with Crippen molar-refractivity contribution in [1.82, 2.24) is 4.98 Å². The number of aromatic nitrogens is 1. The van der Waals surface area contributed by atoms with Gasteiger partial charge in [0.25, 0.3) is 0 Å². The number of nitro groups is 1. The number of rotatable bonds is 3. The molecule has 18 heavy (non-hydrogen) atoms. The minimum absolute atomic E-state index is 0. The largest absolute Gasteiger partial charge is 0.362 e. The fourth-order valence-electron chi connectivity index (χ4n) is 2.11. The first-order valence-electron chi connectivity index (χ1n) is 5.78. The van der Waals surface area contributed by atoms with E-state index in [2.05, 4.69) is 10.3 Å². The van der Waals surface area contributed by atoms with E-state index in [1.165, 1.54) is 6.07 Å². The van der Waals surface area contributed by atoms with Crippen LogP contribution in [-0.2, 0) is 0 Å². The number of nitrogens with zero attached hydrogens (tertiary/aromatic N) is 2. The summed E-state index contributed by atoms with van der Waals surface area (Å²) in [5.74, 6) is 0.359. The van der Waals surface area contributed by atoms with E-state index in [1.807, 2.05) is 0 Å². The van der Waals surface area contributed by atoms with Crippen molar-refractivity contribution in [3.8, 4) is 0 Å². The SMILES string of the molecule is Cl.NC1CCC(Nc2ncccc2[N+](=O)[O-])CC1. The van der Waals surface area contributed by atoms with Gasteiger partial charge in [-0.3, -0.25) is 10.1 Å². The van der Waals surface area contributed by atoms with E-state index in [1.54, 1.807) is 12.3 Å². The van der Waals surface area contributed by atoms with Gasteiger partial charge in [-0.05, 0) is 31.7 Å². The van der Waals surface area contributed by atoms with E-state index >= 15 is 0 Å². The number of anilines is 1. The smallest absolute Gasteiger partial charge is 0.311 e. The third kappa shape index (κ3) is 3.54. The second kappa shape index (κ2) is 6.51. The molecule has 1 fully saturated rings. The lowest BCUT2D eigenvalue weighted by Gasteiger charge is -2.26. The Morgan fingerprint density at radius 1 is 1.39 bits per heavy atom. The number of hydrogen-bond acceptors (Lipinski definition) is 5. The maximum Gasteiger partial charge on any atom is 0.311 e. The molecule has 6 nitrogen and oxygen atoms in total. The van der Waals surface area contributed by atoms with Gasteiger partial charge >= 0.3 is 5.69 Å². The van der Waals surface area contributed by atoms with Crippen LogP contribution in [0.25, 0.3) is 0 Å². The molecule has 0 aliphatic heterocycles. The summed E-state index contributed by atoms with van der Waals surface area (Å²) in [5.41, 5.74) is 5.85. The summed E-state index contributed by atoms with van der Waals surface area (Å²) in [4.78, 5) is 14.4. The van der Waals surface area contributed by atoms with Crippen LogP contribution in [0.3, 0.4) is 0 Å². The van der Waals surface area contributed by atoms with Gasteiger partial charge in [0.05, 0.1) is 4.92 Å². The molecule has 0 amide bonds. The molecule has 1 saturated carbocycles. The summed E-state index contributed by atoms with van der Waals surface area (Å²) >= 11 is 0. The van der Waals surface area contributed by atoms with Gasteiger partial charge in [-0.15, -0.1) is 12.4 Å². The Hall–Kier alpha value is -1.40. The zero-order chi connectivity index (χ0) is 12.3. The van der Waals surface area contributed by atoms with Crippen LogP contribution in [0.1, 0.15) is 25.7 Å². The van der Waals surface area contributed by atoms with Gasteiger partial charge in [0.15, 0.2) is 0 Å². The highest BCUT2D eigenvalue weighted by molar-refractivity contribution is 5.85. The first-order valence-corrected chi connectivity index (χ1v) is 5.78. The van der Waals surface area contributed by atoms with Gasteiger partial charge in [-0.1, -0.05) is 0 Å². The average molecular weight is 273 g/mol. The number of pyridine rings is 1. The lowest BCUT2D eigenvalue weighted by molar-refractivity contribution is -0.384. The van der Waals surface area contributed by atoms with Crippen LogP contribution in [0.5, 0.6) is 0 Å². The average Bonchev–Trinajstić information content (AvgIpc) is 2.32. The molecule has 3 N–H and O–H groups in total. The van der Waals surface area contributed by atoms with Gasteiger partial charge in [-0.25, -0.2) is 4.98 Å². The molecule has 0 unspecified atom stereocenters. The first kappa shape index (κ1) is 14.7. The normalized spacial score (nSPS) is 22.9. The summed E-state index contributed by atoms with van der Waals surface area (Å²) in [5, 5.41) is 14.0. The quantitative estimate of drug-likeness (QED) is 0.649. The molecule has 0 bridgehead atoms. The summed E-state index contributed by atoms with van der Waals surface area (Å²) in [7, 11) is 0. The number of halogens is 1. The Bertz CT molecular complexity index is 408. The molecule has 1 aliphatic carbocycles. The Kier molecular flexibility index (Phi) is 5.30. The highest BCUT2D eigenvalue weighted by Gasteiger charge is 2.22. The molecule has 0 spiro atoms. The molecule has 100 valence electrons. The first-order chi connectivity index (χ1) is 8.16. The van der Waals surface area contributed by atoms with Crippen LogP contribution >= 0.6 is 12.4 Å². The van der Waals surface area contributed by atoms with E-state index in [0.717, 1.165) is 25.7 Å². The monoisotopic (exact) mass is 272 g/mol. The highest BCUT2D eigenvalue weighted by Crippen LogP contribution is 2.25. The Labute approximate surface area is 112 Å². The molecule has 7 heteroatoms. The van der Waals surface area contributed by atoms with Crippen molar-refractivity contribution in [1.29, 1.82) is 0 Å². The van der Waals surface area contributed by atoms with Gasteiger partial charge in [0, 0.05) is 24.3 Å². The molecule has 1 aromatic rings. The molecular formula is C11H17ClN4O2. The molecule has 1 aliphatic rings. The summed E-state index contributed by atoms with van der Waals surface area (Å²) in [6, 6.07) is 3.54. The van der Waals surface area contributed by atoms with Crippen LogP contribution in [0.4, 0.5) is 11.5 Å². The van der Waals surface area contributed by atoms with Crippen LogP contribution in [0, 0.1) is 10.1 Å². The highest BCUT2D eigenvalue weighted by atomic mass is 35.5. The zero-order valence-electron chi connectivity index (χ0n) is 9.91. The molecule has 1 aromatic heterocycles. The minimum atomic E-state index is -0.413. The van der Waals surface area contributed by atoms with E-state index < -0.39 is 4.92 Å². The van der Waals surface area contributed by atoms with Crippen LogP contribution < -0.4 is 11.1 Å². The number of nitrogens with one attached hydrogen (secondary N) is 1. The number of nitrogens with two attached hydrogens (primary N) is 1. The molecule has 2 rings (SSSR count). The van der Waals surface area contributed by atoms with Crippen LogP contribution in [0.2, 0.25) is 0 Å². The maximum atomic E-state index is 10.8. The van der Waals surface area contributed by atoms with Gasteiger partial charge < -0.3 is 11.1 Å². The zero-order valence-corrected chi connectivity index (χ0v) is 10.7. The summed E-state index contributed by atoms with van der Waals surface area (Å²) in [6.07, 6.45) is 5.35. The molecule has 0 aromatic carbocycles. The lowest BCUT2D eigenvalue weighted by atomic mass is 9.92. The molecule has 0 atom stereocenters. The van der Waals surface area contributed by atoms with E-state index in [4.69, 9.17) is 5.73 Å². The van der Waals surface area contributed by atoms with Gasteiger partial charge in [0.2, 0.25) is 5.82 Å². The van der Waals surface area contributed by atoms with E-state index in [9.17, 15) is 10.1 Å². The van der Waals surface area contributed by atoms with Crippen LogP contribution in [0.15, 0.2) is 18.3 Å². The standard InChI is InChI=1S/C11H16N4O2.ClH/c12-8-3-5-9(6-4-8)14-11-10(15(16)17)2-1-7-13-11;/h1-2,7-9H,3-6,12H2,(H,13,14);1H. The summed E-state index contributed by atoms with van der Waals surface area (Å²) < 4.78 is 0. The van der Waals surface area contributed by atoms with Crippen molar-refractivity contribution >= 4 is 23.9 Å². The van der Waals surface area contributed by atoms with Crippen molar-refractivity contribution < 1.29 is 4.92 Å². The predicted molar refractivity (Wildman–Crippen MR) is 72.0 cm³/mol. The minimum Gasteiger partial charge on any atom is -0.362 e. The molecular weight excluding hydrogens is 256 g/mol. The molecule has 0 radical (unpaired) electrons. The van der Waals surface area contributed by atoms with Gasteiger partial charge in [-0.2, -0.15) is 0 Å². The van der Waals surface area contributed by atoms with Crippen LogP contribution in [-0.4, -0.2) is 22.0 Å². The van der Waals surface area contributed by atoms with Crippen molar-refractivity contribution in [2.24, 2.45) is 5.73 Å². The van der Waals surface area contributed by atoms with Crippen molar-refractivity contribution in [3.05, 3.63) is 28.4 Å². The number of hydrogen-bond donors (Lipinski definition) is 2. The topological polar surface area (TPSA) is 94.1 Å². The summed E-state index contributed by atoms with van der Waals surface area (Å²) in [6.45, 7) is 0. The van der Waals surface area contributed by atoms with Crippen molar-refractivity contribution in [2.75, 3.05) is 5.32 Å². The second-order valence-corrected chi connectivity index (χ2v) is 4.38. The fourth-order valence-corrected chi connectivity index (χ4v) is 2.11. The lowest BCUT2D eigenvalue weighted by Crippen LogP contribution is -2.33. The predicted octanol–water partition coefficient (Wildman–Crippen LogP) is 2.09.